The molecule has 24 nitrogen and oxygen atoms in total. The predicted molar refractivity (Wildman–Crippen MR) is 287 cm³/mol. The van der Waals surface area contributed by atoms with Gasteiger partial charge in [-0.25, -0.2) is 52.7 Å². The monoisotopic (exact) mass is 1190 g/mol. The lowest BCUT2D eigenvalue weighted by molar-refractivity contribution is -0.657. The first-order chi connectivity index (χ1) is 35.7. The van der Waals surface area contributed by atoms with Crippen LogP contribution in [0.25, 0.3) is 0 Å². The zero-order valence-electron chi connectivity index (χ0n) is 45.2. The minimum absolute atomic E-state index is 0. The van der Waals surface area contributed by atoms with E-state index in [4.69, 9.17) is 0 Å². The molecule has 7 rings (SSSR count). The van der Waals surface area contributed by atoms with Gasteiger partial charge in [0, 0.05) is 71.7 Å². The second-order valence-electron chi connectivity index (χ2n) is 18.1. The standard InChI is InChI=1S/C48H69N18O6S3.3ClH/c1-10-61(43-19-13-40(14-20-43)49-52-46-55(4)25-26-56(46)5)31-34-73(67,68)64-37-65(74(69,70)35-32-62(11-2)44-21-15-41(16-22-44)50-53-47-57(6)27-28-58(47)7)39-66(38-64)75(71,72)36-33-63(12-3)45-23-17-42(18-24-45)51-54-48-59(8)29-30-60(48)9;;;/h13-30H,10-12,31-39H2,1-9H3;3*1H/q+3;;;/p-3. The minimum atomic E-state index is -4.27. The first kappa shape index (κ1) is 64.6. The van der Waals surface area contributed by atoms with E-state index < -0.39 is 67.3 Å². The molecule has 0 atom stereocenters. The molecule has 3 aromatic heterocycles. The van der Waals surface area contributed by atoms with Crippen LogP contribution in [0.3, 0.4) is 0 Å². The van der Waals surface area contributed by atoms with Crippen LogP contribution in [0.15, 0.2) is 141 Å². The summed E-state index contributed by atoms with van der Waals surface area (Å²) in [5, 5.41) is 26.1. The molecule has 1 aliphatic rings. The van der Waals surface area contributed by atoms with E-state index in [1.807, 2.05) is 179 Å². The van der Waals surface area contributed by atoms with Gasteiger partial charge in [0.05, 0.1) is 117 Å². The van der Waals surface area contributed by atoms with Gasteiger partial charge < -0.3 is 51.9 Å². The molecule has 0 amide bonds. The largest absolute Gasteiger partial charge is 1.00 e. The highest BCUT2D eigenvalue weighted by molar-refractivity contribution is 7.90. The van der Waals surface area contributed by atoms with E-state index in [0.29, 0.717) is 54.5 Å². The third-order valence-corrected chi connectivity index (χ3v) is 18.1. The van der Waals surface area contributed by atoms with Crippen molar-refractivity contribution in [3.8, 4) is 0 Å². The van der Waals surface area contributed by atoms with Crippen molar-refractivity contribution in [2.45, 2.75) is 20.8 Å². The Bertz CT molecular complexity index is 2920. The molecule has 0 aliphatic carbocycles. The Labute approximate surface area is 477 Å². The maximum absolute atomic E-state index is 14.4. The van der Waals surface area contributed by atoms with Crippen molar-refractivity contribution < 1.29 is 76.2 Å². The molecule has 426 valence electrons. The number of sulfonamides is 3. The number of aryl methyl sites for hydroxylation is 6. The van der Waals surface area contributed by atoms with Crippen molar-refractivity contribution in [2.75, 3.05) is 91.2 Å². The average molecular weight is 1200 g/mol. The maximum atomic E-state index is 14.4. The van der Waals surface area contributed by atoms with E-state index in [1.165, 1.54) is 0 Å². The second-order valence-corrected chi connectivity index (χ2v) is 24.3. The van der Waals surface area contributed by atoms with E-state index in [-0.39, 0.29) is 56.9 Å². The third-order valence-electron chi connectivity index (χ3n) is 13.0. The van der Waals surface area contributed by atoms with Gasteiger partial charge in [-0.1, -0.05) is 15.3 Å². The van der Waals surface area contributed by atoms with Crippen molar-refractivity contribution >= 4 is 82.0 Å². The Morgan fingerprint density at radius 3 is 0.833 bits per heavy atom. The summed E-state index contributed by atoms with van der Waals surface area (Å²) in [6.07, 6.45) is 11.2. The van der Waals surface area contributed by atoms with Crippen LogP contribution in [0.1, 0.15) is 20.8 Å². The summed E-state index contributed by atoms with van der Waals surface area (Å²) in [6, 6.07) is 21.7. The van der Waals surface area contributed by atoms with Crippen LogP contribution in [0.4, 0.5) is 52.0 Å². The fraction of sp³-hybridized carbons (Fsp3) is 0.438. The van der Waals surface area contributed by atoms with Crippen molar-refractivity contribution in [1.29, 1.82) is 0 Å². The highest BCUT2D eigenvalue weighted by atomic mass is 35.5. The minimum Gasteiger partial charge on any atom is -1.00 e. The summed E-state index contributed by atoms with van der Waals surface area (Å²) in [5.74, 6) is 0.708. The molecule has 78 heavy (non-hydrogen) atoms. The van der Waals surface area contributed by atoms with Crippen molar-refractivity contribution in [2.24, 2.45) is 73.0 Å². The van der Waals surface area contributed by atoms with Gasteiger partial charge in [0.15, 0.2) is 0 Å². The number of rotatable bonds is 24. The molecule has 0 bridgehead atoms. The van der Waals surface area contributed by atoms with Crippen LogP contribution in [-0.4, -0.2) is 128 Å². The summed E-state index contributed by atoms with van der Waals surface area (Å²) in [4.78, 5) is 5.62. The highest BCUT2D eigenvalue weighted by Crippen LogP contribution is 2.27. The molecule has 1 saturated heterocycles. The first-order valence-corrected chi connectivity index (χ1v) is 29.3. The average Bonchev–Trinajstić information content (AvgIpc) is 4.08. The van der Waals surface area contributed by atoms with Crippen LogP contribution in [-0.2, 0) is 72.4 Å². The Morgan fingerprint density at radius 2 is 0.641 bits per heavy atom. The zero-order valence-corrected chi connectivity index (χ0v) is 50.0. The molecule has 30 heteroatoms. The second kappa shape index (κ2) is 28.3. The first-order valence-electron chi connectivity index (χ1n) is 24.5. The molecule has 3 aromatic carbocycles. The number of hydrogen-bond donors (Lipinski definition) is 0. The molecule has 4 heterocycles. The molecule has 0 N–H and O–H groups in total. The molecule has 0 unspecified atom stereocenters. The number of benzene rings is 3. The quantitative estimate of drug-likeness (QED) is 0.0427. The normalized spacial score (nSPS) is 14.0. The maximum Gasteiger partial charge on any atom is 0.421 e. The van der Waals surface area contributed by atoms with Crippen LogP contribution >= 0.6 is 0 Å². The number of imidazole rings is 3. The zero-order chi connectivity index (χ0) is 54.1. The lowest BCUT2D eigenvalue weighted by Crippen LogP contribution is -3.00. The lowest BCUT2D eigenvalue weighted by atomic mass is 10.2. The molecular formula is C48H69Cl3N18O6S3. The molecule has 1 aliphatic heterocycles. The van der Waals surface area contributed by atoms with Crippen molar-refractivity contribution in [1.82, 2.24) is 26.6 Å². The van der Waals surface area contributed by atoms with Crippen LogP contribution < -0.4 is 65.6 Å². The van der Waals surface area contributed by atoms with E-state index >= 15 is 0 Å². The van der Waals surface area contributed by atoms with E-state index in [2.05, 4.69) is 30.7 Å². The summed E-state index contributed by atoms with van der Waals surface area (Å²) in [7, 11) is -1.56. The molecule has 0 radical (unpaired) electrons. The van der Waals surface area contributed by atoms with E-state index in [0.717, 1.165) is 30.0 Å². The van der Waals surface area contributed by atoms with Gasteiger partial charge in [-0.15, -0.1) is 0 Å². The lowest BCUT2D eigenvalue weighted by Gasteiger charge is -2.40. The predicted octanol–water partition coefficient (Wildman–Crippen LogP) is -3.91. The number of hydrogen-bond acceptors (Lipinski definition) is 15. The number of halogens is 3. The van der Waals surface area contributed by atoms with E-state index in [1.54, 1.807) is 36.4 Å². The molecule has 0 saturated carbocycles. The molecular weight excluding hydrogens is 1130 g/mol. The molecule has 1 fully saturated rings. The van der Waals surface area contributed by atoms with Crippen LogP contribution in [0.5, 0.6) is 0 Å². The molecule has 0 spiro atoms. The van der Waals surface area contributed by atoms with Gasteiger partial charge >= 0.3 is 17.8 Å². The van der Waals surface area contributed by atoms with Gasteiger partial charge in [-0.3, -0.25) is 0 Å². The van der Waals surface area contributed by atoms with E-state index in [9.17, 15) is 25.3 Å². The highest BCUT2D eigenvalue weighted by Gasteiger charge is 2.41. The van der Waals surface area contributed by atoms with Gasteiger partial charge in [0.25, 0.3) is 0 Å². The third kappa shape index (κ3) is 16.1. The van der Waals surface area contributed by atoms with Gasteiger partial charge in [-0.05, 0) is 93.6 Å². The topological polar surface area (TPSA) is 222 Å². The SMILES string of the molecule is CCN(CCS(=O)(=O)N1CN(S(=O)(=O)CCN(CC)c2ccc(/N=N/c3n(C)cc[n+]3C)cc2)CN(S(=O)(=O)CCN(CC)c2ccc(/N=N/c3n(C)cc[n+]3C)cc2)C1)c1ccc(/N=N/c2n(C)cc[n+]2C)cc1.[Cl-].[Cl-].[Cl-]. The fourth-order valence-electron chi connectivity index (χ4n) is 8.33. The Balaban J connectivity index is 0.00000437. The Hall–Kier alpha value is -5.91. The number of aromatic nitrogens is 6. The Morgan fingerprint density at radius 1 is 0.410 bits per heavy atom. The van der Waals surface area contributed by atoms with Gasteiger partial charge in [0.1, 0.15) is 17.1 Å². The van der Waals surface area contributed by atoms with Crippen LogP contribution in [0.2, 0.25) is 0 Å². The summed E-state index contributed by atoms with van der Waals surface area (Å²) in [6.45, 7) is 5.52. The smallest absolute Gasteiger partial charge is 0.421 e. The van der Waals surface area contributed by atoms with Crippen molar-refractivity contribution in [3.05, 3.63) is 110 Å². The fourth-order valence-corrected chi connectivity index (χ4v) is 12.6. The van der Waals surface area contributed by atoms with Crippen molar-refractivity contribution in [3.63, 3.8) is 0 Å². The van der Waals surface area contributed by atoms with Gasteiger partial charge in [-0.2, -0.15) is 12.9 Å². The van der Waals surface area contributed by atoms with Crippen LogP contribution in [0, 0.1) is 0 Å². The summed E-state index contributed by atoms with van der Waals surface area (Å²) in [5.41, 5.74) is 4.03. The Kier molecular flexibility index (Phi) is 23.4. The molecule has 6 aromatic rings. The summed E-state index contributed by atoms with van der Waals surface area (Å²) < 4.78 is 100. The summed E-state index contributed by atoms with van der Waals surface area (Å²) >= 11 is 0. The number of anilines is 3. The van der Waals surface area contributed by atoms with Gasteiger partial charge in [0.2, 0.25) is 30.1 Å². The number of nitrogens with zero attached hydrogens (tertiary/aromatic N) is 18. The number of azo groups is 3.